The number of piperidine rings is 1. The van der Waals surface area contributed by atoms with E-state index in [-0.39, 0.29) is 5.82 Å². The molecule has 2 unspecified atom stereocenters. The van der Waals surface area contributed by atoms with Crippen LogP contribution in [0.2, 0.25) is 0 Å². The molecule has 17 heavy (non-hydrogen) atoms. The SMILES string of the molecule is CC1CC(N)CCN1CCc1ccccc1F. The Kier molecular flexibility index (Phi) is 4.13. The number of halogens is 1. The first-order valence-electron chi connectivity index (χ1n) is 6.40. The van der Waals surface area contributed by atoms with Gasteiger partial charge in [0.15, 0.2) is 0 Å². The lowest BCUT2D eigenvalue weighted by atomic mass is 9.98. The topological polar surface area (TPSA) is 29.3 Å². The number of benzene rings is 1. The molecule has 2 atom stereocenters. The molecule has 1 aliphatic rings. The van der Waals surface area contributed by atoms with Crippen LogP contribution in [0.4, 0.5) is 4.39 Å². The molecule has 0 saturated carbocycles. The van der Waals surface area contributed by atoms with E-state index in [0.29, 0.717) is 12.1 Å². The van der Waals surface area contributed by atoms with Gasteiger partial charge in [0.05, 0.1) is 0 Å². The lowest BCUT2D eigenvalue weighted by Gasteiger charge is -2.36. The van der Waals surface area contributed by atoms with Crippen LogP contribution in [0.15, 0.2) is 24.3 Å². The van der Waals surface area contributed by atoms with Gasteiger partial charge in [0.1, 0.15) is 5.82 Å². The predicted octanol–water partition coefficient (Wildman–Crippen LogP) is 2.18. The van der Waals surface area contributed by atoms with Gasteiger partial charge in [0, 0.05) is 18.6 Å². The molecule has 1 heterocycles. The van der Waals surface area contributed by atoms with E-state index in [4.69, 9.17) is 5.73 Å². The quantitative estimate of drug-likeness (QED) is 0.871. The molecule has 2 rings (SSSR count). The van der Waals surface area contributed by atoms with Crippen molar-refractivity contribution >= 4 is 0 Å². The smallest absolute Gasteiger partial charge is 0.126 e. The van der Waals surface area contributed by atoms with Gasteiger partial charge < -0.3 is 10.6 Å². The molecule has 0 aromatic heterocycles. The molecule has 94 valence electrons. The Morgan fingerprint density at radius 3 is 2.88 bits per heavy atom. The Balaban J connectivity index is 1.88. The first kappa shape index (κ1) is 12.5. The van der Waals surface area contributed by atoms with Crippen molar-refractivity contribution in [3.63, 3.8) is 0 Å². The highest BCUT2D eigenvalue weighted by Crippen LogP contribution is 2.17. The van der Waals surface area contributed by atoms with Crippen LogP contribution in [-0.2, 0) is 6.42 Å². The molecule has 1 aromatic rings. The largest absolute Gasteiger partial charge is 0.328 e. The fourth-order valence-corrected chi connectivity index (χ4v) is 2.55. The van der Waals surface area contributed by atoms with Crippen LogP contribution in [-0.4, -0.2) is 30.1 Å². The molecule has 0 aliphatic carbocycles. The molecular formula is C14H21FN2. The Hall–Kier alpha value is -0.930. The summed E-state index contributed by atoms with van der Waals surface area (Å²) in [6.07, 6.45) is 2.89. The minimum absolute atomic E-state index is 0.0890. The Bertz CT molecular complexity index is 367. The summed E-state index contributed by atoms with van der Waals surface area (Å²) in [7, 11) is 0. The van der Waals surface area contributed by atoms with Crippen LogP contribution < -0.4 is 5.73 Å². The van der Waals surface area contributed by atoms with Crippen molar-refractivity contribution in [1.29, 1.82) is 0 Å². The van der Waals surface area contributed by atoms with E-state index in [2.05, 4.69) is 11.8 Å². The summed E-state index contributed by atoms with van der Waals surface area (Å²) < 4.78 is 13.5. The van der Waals surface area contributed by atoms with Crippen molar-refractivity contribution in [2.24, 2.45) is 5.73 Å². The van der Waals surface area contributed by atoms with Crippen LogP contribution >= 0.6 is 0 Å². The van der Waals surface area contributed by atoms with Crippen LogP contribution in [0, 0.1) is 5.82 Å². The molecule has 0 bridgehead atoms. The molecule has 2 N–H and O–H groups in total. The van der Waals surface area contributed by atoms with Crippen molar-refractivity contribution in [3.8, 4) is 0 Å². The molecule has 1 saturated heterocycles. The van der Waals surface area contributed by atoms with E-state index < -0.39 is 0 Å². The normalized spacial score (nSPS) is 26.1. The molecule has 2 nitrogen and oxygen atoms in total. The lowest BCUT2D eigenvalue weighted by molar-refractivity contribution is 0.149. The number of hydrogen-bond acceptors (Lipinski definition) is 2. The van der Waals surface area contributed by atoms with E-state index in [1.54, 1.807) is 6.07 Å². The summed E-state index contributed by atoms with van der Waals surface area (Å²) in [4.78, 5) is 2.41. The Morgan fingerprint density at radius 2 is 2.18 bits per heavy atom. The fraction of sp³-hybridized carbons (Fsp3) is 0.571. The number of likely N-dealkylation sites (tertiary alicyclic amines) is 1. The summed E-state index contributed by atoms with van der Waals surface area (Å²) in [5.74, 6) is -0.0890. The maximum Gasteiger partial charge on any atom is 0.126 e. The second-order valence-corrected chi connectivity index (χ2v) is 5.01. The van der Waals surface area contributed by atoms with Crippen LogP contribution in [0.3, 0.4) is 0 Å². The minimum atomic E-state index is -0.0890. The van der Waals surface area contributed by atoms with Gasteiger partial charge in [-0.25, -0.2) is 4.39 Å². The fourth-order valence-electron chi connectivity index (χ4n) is 2.55. The summed E-state index contributed by atoms with van der Waals surface area (Å²) in [6.45, 7) is 4.17. The van der Waals surface area contributed by atoms with Gasteiger partial charge in [-0.1, -0.05) is 18.2 Å². The van der Waals surface area contributed by atoms with Gasteiger partial charge in [0.2, 0.25) is 0 Å². The highest BCUT2D eigenvalue weighted by molar-refractivity contribution is 5.17. The molecular weight excluding hydrogens is 215 g/mol. The second-order valence-electron chi connectivity index (χ2n) is 5.01. The van der Waals surface area contributed by atoms with Crippen molar-refractivity contribution < 1.29 is 4.39 Å². The van der Waals surface area contributed by atoms with E-state index >= 15 is 0 Å². The molecule has 0 spiro atoms. The van der Waals surface area contributed by atoms with Gasteiger partial charge in [-0.3, -0.25) is 0 Å². The van der Waals surface area contributed by atoms with Gasteiger partial charge in [-0.15, -0.1) is 0 Å². The maximum atomic E-state index is 13.5. The van der Waals surface area contributed by atoms with E-state index in [9.17, 15) is 4.39 Å². The molecule has 1 aromatic carbocycles. The minimum Gasteiger partial charge on any atom is -0.328 e. The van der Waals surface area contributed by atoms with Gasteiger partial charge >= 0.3 is 0 Å². The third-order valence-corrected chi connectivity index (χ3v) is 3.68. The maximum absolute atomic E-state index is 13.5. The van der Waals surface area contributed by atoms with Gasteiger partial charge in [-0.2, -0.15) is 0 Å². The summed E-state index contributed by atoms with van der Waals surface area (Å²) in [5, 5.41) is 0. The Labute approximate surface area is 103 Å². The third kappa shape index (κ3) is 3.27. The monoisotopic (exact) mass is 236 g/mol. The third-order valence-electron chi connectivity index (χ3n) is 3.68. The van der Waals surface area contributed by atoms with Crippen molar-refractivity contribution in [2.45, 2.75) is 38.3 Å². The number of rotatable bonds is 3. The van der Waals surface area contributed by atoms with E-state index in [1.807, 2.05) is 12.1 Å². The number of nitrogens with zero attached hydrogens (tertiary/aromatic N) is 1. The van der Waals surface area contributed by atoms with Crippen LogP contribution in [0.25, 0.3) is 0 Å². The average molecular weight is 236 g/mol. The number of nitrogens with two attached hydrogens (primary N) is 1. The first-order valence-corrected chi connectivity index (χ1v) is 6.40. The molecule has 1 fully saturated rings. The predicted molar refractivity (Wildman–Crippen MR) is 68.3 cm³/mol. The Morgan fingerprint density at radius 1 is 1.41 bits per heavy atom. The molecule has 1 aliphatic heterocycles. The van der Waals surface area contributed by atoms with E-state index in [1.165, 1.54) is 6.07 Å². The van der Waals surface area contributed by atoms with Crippen LogP contribution in [0.5, 0.6) is 0 Å². The van der Waals surface area contributed by atoms with Crippen LogP contribution in [0.1, 0.15) is 25.3 Å². The zero-order valence-corrected chi connectivity index (χ0v) is 10.4. The van der Waals surface area contributed by atoms with Crippen molar-refractivity contribution in [3.05, 3.63) is 35.6 Å². The first-order chi connectivity index (χ1) is 8.16. The van der Waals surface area contributed by atoms with Gasteiger partial charge in [0.25, 0.3) is 0 Å². The zero-order valence-electron chi connectivity index (χ0n) is 10.4. The van der Waals surface area contributed by atoms with E-state index in [0.717, 1.165) is 37.9 Å². The standard InChI is InChI=1S/C14H21FN2/c1-11-10-13(16)7-9-17(11)8-6-12-4-2-3-5-14(12)15/h2-5,11,13H,6-10,16H2,1H3. The molecule has 0 amide bonds. The van der Waals surface area contributed by atoms with Crippen molar-refractivity contribution in [2.75, 3.05) is 13.1 Å². The number of hydrogen-bond donors (Lipinski definition) is 1. The highest BCUT2D eigenvalue weighted by Gasteiger charge is 2.22. The second kappa shape index (κ2) is 5.61. The highest BCUT2D eigenvalue weighted by atomic mass is 19.1. The van der Waals surface area contributed by atoms with Gasteiger partial charge in [-0.05, 0) is 44.4 Å². The zero-order chi connectivity index (χ0) is 12.3. The van der Waals surface area contributed by atoms with Crippen molar-refractivity contribution in [1.82, 2.24) is 4.90 Å². The lowest BCUT2D eigenvalue weighted by Crippen LogP contribution is -2.46. The summed E-state index contributed by atoms with van der Waals surface area (Å²) >= 11 is 0. The molecule has 0 radical (unpaired) electrons. The summed E-state index contributed by atoms with van der Waals surface area (Å²) in [6, 6.07) is 7.90. The summed E-state index contributed by atoms with van der Waals surface area (Å²) in [5.41, 5.74) is 6.75. The average Bonchev–Trinajstić information content (AvgIpc) is 2.30. The molecule has 3 heteroatoms.